The minimum atomic E-state index is -0.519. The van der Waals surface area contributed by atoms with Gasteiger partial charge in [0.2, 0.25) is 0 Å². The fraction of sp³-hybridized carbons (Fsp3) is 0.294. The van der Waals surface area contributed by atoms with Crippen molar-refractivity contribution in [3.63, 3.8) is 0 Å². The molecule has 112 valence electrons. The number of nitrogens with one attached hydrogen (secondary N) is 1. The van der Waals surface area contributed by atoms with Gasteiger partial charge in [0.15, 0.2) is 0 Å². The van der Waals surface area contributed by atoms with Crippen molar-refractivity contribution in [3.8, 4) is 0 Å². The number of halogens is 3. The van der Waals surface area contributed by atoms with Crippen LogP contribution in [0.25, 0.3) is 0 Å². The molecule has 0 aliphatic rings. The van der Waals surface area contributed by atoms with Crippen LogP contribution in [0.2, 0.25) is 0 Å². The lowest BCUT2D eigenvalue weighted by Crippen LogP contribution is -2.25. The number of rotatable bonds is 5. The molecule has 0 saturated carbocycles. The molecule has 0 heterocycles. The minimum Gasteiger partial charge on any atom is -0.306 e. The summed E-state index contributed by atoms with van der Waals surface area (Å²) >= 11 is 3.38. The van der Waals surface area contributed by atoms with E-state index >= 15 is 0 Å². The predicted molar refractivity (Wildman–Crippen MR) is 85.4 cm³/mol. The maximum absolute atomic E-state index is 14.4. The molecule has 1 N–H and O–H groups in total. The summed E-state index contributed by atoms with van der Waals surface area (Å²) < 4.78 is 29.5. The number of hydrogen-bond acceptors (Lipinski definition) is 1. The van der Waals surface area contributed by atoms with Crippen molar-refractivity contribution in [2.75, 3.05) is 6.54 Å². The Morgan fingerprint density at radius 1 is 1.10 bits per heavy atom. The summed E-state index contributed by atoms with van der Waals surface area (Å²) in [5.41, 5.74) is 1.38. The van der Waals surface area contributed by atoms with E-state index in [-0.39, 0.29) is 5.56 Å². The zero-order valence-electron chi connectivity index (χ0n) is 12.1. The van der Waals surface area contributed by atoms with Crippen LogP contribution in [0, 0.1) is 18.6 Å². The second-order valence-electron chi connectivity index (χ2n) is 5.03. The quantitative estimate of drug-likeness (QED) is 0.785. The molecule has 0 amide bonds. The molecule has 0 aromatic heterocycles. The molecule has 0 aliphatic heterocycles. The Bertz CT molecular complexity index is 611. The van der Waals surface area contributed by atoms with E-state index in [1.165, 1.54) is 12.1 Å². The Balaban J connectivity index is 2.50. The lowest BCUT2D eigenvalue weighted by molar-refractivity contribution is 0.499. The van der Waals surface area contributed by atoms with Crippen LogP contribution in [0.5, 0.6) is 0 Å². The van der Waals surface area contributed by atoms with Gasteiger partial charge in [0.1, 0.15) is 11.6 Å². The molecule has 0 aliphatic carbocycles. The van der Waals surface area contributed by atoms with Gasteiger partial charge in [-0.25, -0.2) is 8.78 Å². The van der Waals surface area contributed by atoms with Crippen molar-refractivity contribution in [2.24, 2.45) is 0 Å². The predicted octanol–water partition coefficient (Wildman–Crippen LogP) is 5.12. The molecule has 4 heteroatoms. The minimum absolute atomic E-state index is 0.0887. The summed E-state index contributed by atoms with van der Waals surface area (Å²) in [7, 11) is 0. The van der Waals surface area contributed by atoms with Gasteiger partial charge in [0.05, 0.1) is 6.04 Å². The van der Waals surface area contributed by atoms with Crippen molar-refractivity contribution in [3.05, 3.63) is 69.2 Å². The Morgan fingerprint density at radius 3 is 2.38 bits per heavy atom. The van der Waals surface area contributed by atoms with Crippen LogP contribution in [-0.4, -0.2) is 6.54 Å². The Hall–Kier alpha value is -1.26. The highest BCUT2D eigenvalue weighted by molar-refractivity contribution is 9.10. The van der Waals surface area contributed by atoms with Crippen LogP contribution < -0.4 is 5.32 Å². The van der Waals surface area contributed by atoms with Crippen LogP contribution in [-0.2, 0) is 0 Å². The first-order valence-corrected chi connectivity index (χ1v) is 7.77. The highest BCUT2D eigenvalue weighted by Crippen LogP contribution is 2.29. The van der Waals surface area contributed by atoms with Gasteiger partial charge in [0, 0.05) is 10.0 Å². The second kappa shape index (κ2) is 7.14. The normalized spacial score (nSPS) is 12.4. The summed E-state index contributed by atoms with van der Waals surface area (Å²) in [6, 6.07) is 9.80. The van der Waals surface area contributed by atoms with Gasteiger partial charge in [-0.3, -0.25) is 0 Å². The van der Waals surface area contributed by atoms with Gasteiger partial charge in [0.25, 0.3) is 0 Å². The first kappa shape index (κ1) is 16.1. The zero-order chi connectivity index (χ0) is 15.4. The van der Waals surface area contributed by atoms with Gasteiger partial charge in [-0.1, -0.05) is 41.1 Å². The van der Waals surface area contributed by atoms with Crippen LogP contribution in [0.3, 0.4) is 0 Å². The van der Waals surface area contributed by atoms with Crippen molar-refractivity contribution in [1.29, 1.82) is 0 Å². The summed E-state index contributed by atoms with van der Waals surface area (Å²) in [6.45, 7) is 4.36. The third-order valence-corrected chi connectivity index (χ3v) is 3.94. The molecule has 0 radical (unpaired) electrons. The van der Waals surface area contributed by atoms with Crippen LogP contribution >= 0.6 is 15.9 Å². The Labute approximate surface area is 132 Å². The maximum Gasteiger partial charge on any atom is 0.134 e. The van der Waals surface area contributed by atoms with E-state index in [4.69, 9.17) is 0 Å². The molecule has 2 aromatic carbocycles. The van der Waals surface area contributed by atoms with E-state index in [9.17, 15) is 8.78 Å². The van der Waals surface area contributed by atoms with Gasteiger partial charge < -0.3 is 5.32 Å². The monoisotopic (exact) mass is 353 g/mol. The third kappa shape index (κ3) is 3.69. The molecule has 2 aromatic rings. The summed E-state index contributed by atoms with van der Waals surface area (Å²) in [5.74, 6) is -0.999. The largest absolute Gasteiger partial charge is 0.306 e. The van der Waals surface area contributed by atoms with Crippen LogP contribution in [0.1, 0.15) is 36.1 Å². The number of hydrogen-bond donors (Lipinski definition) is 1. The topological polar surface area (TPSA) is 12.0 Å². The third-order valence-electron chi connectivity index (χ3n) is 3.41. The molecule has 0 bridgehead atoms. The molecule has 2 rings (SSSR count). The molecular formula is C17H18BrF2N. The molecule has 21 heavy (non-hydrogen) atoms. The Morgan fingerprint density at radius 2 is 1.76 bits per heavy atom. The fourth-order valence-electron chi connectivity index (χ4n) is 2.27. The molecule has 1 nitrogen and oxygen atoms in total. The smallest absolute Gasteiger partial charge is 0.134 e. The van der Waals surface area contributed by atoms with Gasteiger partial charge in [-0.15, -0.1) is 0 Å². The van der Waals surface area contributed by atoms with E-state index in [1.54, 1.807) is 6.92 Å². The lowest BCUT2D eigenvalue weighted by atomic mass is 9.96. The van der Waals surface area contributed by atoms with E-state index in [0.29, 0.717) is 12.1 Å². The molecular weight excluding hydrogens is 336 g/mol. The maximum atomic E-state index is 14.4. The van der Waals surface area contributed by atoms with E-state index in [2.05, 4.69) is 21.2 Å². The van der Waals surface area contributed by atoms with Gasteiger partial charge >= 0.3 is 0 Å². The molecule has 1 atom stereocenters. The van der Waals surface area contributed by atoms with Gasteiger partial charge in [-0.2, -0.15) is 0 Å². The van der Waals surface area contributed by atoms with Crippen molar-refractivity contribution in [1.82, 2.24) is 5.32 Å². The summed E-state index contributed by atoms with van der Waals surface area (Å²) in [4.78, 5) is 0. The zero-order valence-corrected chi connectivity index (χ0v) is 13.7. The molecule has 0 saturated heterocycles. The molecule has 1 unspecified atom stereocenters. The van der Waals surface area contributed by atoms with E-state index in [1.807, 2.05) is 31.2 Å². The van der Waals surface area contributed by atoms with Crippen LogP contribution in [0.4, 0.5) is 8.78 Å². The highest BCUT2D eigenvalue weighted by Gasteiger charge is 2.22. The second-order valence-corrected chi connectivity index (χ2v) is 5.95. The molecule has 0 fully saturated rings. The average molecular weight is 354 g/mol. The van der Waals surface area contributed by atoms with Crippen LogP contribution in [0.15, 0.2) is 40.9 Å². The van der Waals surface area contributed by atoms with Crippen molar-refractivity contribution < 1.29 is 8.78 Å². The first-order valence-electron chi connectivity index (χ1n) is 6.98. The first-order chi connectivity index (χ1) is 10.0. The number of benzene rings is 2. The summed E-state index contributed by atoms with van der Waals surface area (Å²) in [5, 5.41) is 3.24. The molecule has 0 spiro atoms. The van der Waals surface area contributed by atoms with Gasteiger partial charge in [-0.05, 0) is 49.2 Å². The van der Waals surface area contributed by atoms with Crippen molar-refractivity contribution >= 4 is 15.9 Å². The van der Waals surface area contributed by atoms with E-state index < -0.39 is 17.7 Å². The average Bonchev–Trinajstić information content (AvgIpc) is 2.48. The van der Waals surface area contributed by atoms with E-state index in [0.717, 1.165) is 16.5 Å². The van der Waals surface area contributed by atoms with Crippen molar-refractivity contribution in [2.45, 2.75) is 26.3 Å². The lowest BCUT2D eigenvalue weighted by Gasteiger charge is -2.21. The highest BCUT2D eigenvalue weighted by atomic mass is 79.9. The Kier molecular flexibility index (Phi) is 5.48. The SMILES string of the molecule is CCCNC(c1ccc(Br)cc1)c1c(F)ccc(C)c1F. The standard InChI is InChI=1S/C17H18BrF2N/c1-3-10-21-17(12-5-7-13(18)8-6-12)15-14(19)9-4-11(2)16(15)20/h4-9,17,21H,3,10H2,1-2H3. The summed E-state index contributed by atoms with van der Waals surface area (Å²) in [6.07, 6.45) is 0.891. The number of aryl methyl sites for hydroxylation is 1. The fourth-order valence-corrected chi connectivity index (χ4v) is 2.54.